The maximum atomic E-state index is 12.7. The van der Waals surface area contributed by atoms with Gasteiger partial charge in [-0.2, -0.15) is 0 Å². The number of phenolic OH excluding ortho intramolecular Hbond substituents is 4. The third-order valence-corrected chi connectivity index (χ3v) is 10.7. The highest BCUT2D eigenvalue weighted by Crippen LogP contribution is 2.47. The van der Waals surface area contributed by atoms with Crippen molar-refractivity contribution in [3.8, 4) is 34.5 Å². The number of ether oxygens (including phenoxy) is 8. The van der Waals surface area contributed by atoms with Gasteiger partial charge in [0.15, 0.2) is 30.0 Å². The third kappa shape index (κ3) is 9.78. The van der Waals surface area contributed by atoms with Crippen LogP contribution in [0.4, 0.5) is 0 Å². The Morgan fingerprint density at radius 2 is 1.27 bits per heavy atom. The van der Waals surface area contributed by atoms with Crippen LogP contribution in [0.1, 0.15) is 22.8 Å². The van der Waals surface area contributed by atoms with Crippen molar-refractivity contribution in [1.82, 2.24) is 0 Å². The second-order valence-electron chi connectivity index (χ2n) is 15.0. The molecule has 3 aromatic carbocycles. The first-order valence-corrected chi connectivity index (χ1v) is 19.4. The first-order chi connectivity index (χ1) is 30.1. The minimum atomic E-state index is -1.99. The van der Waals surface area contributed by atoms with Gasteiger partial charge in [-0.25, -0.2) is 4.79 Å². The van der Waals surface area contributed by atoms with E-state index < -0.39 is 135 Å². The summed E-state index contributed by atoms with van der Waals surface area (Å²) in [6.45, 7) is -2.22. The lowest BCUT2D eigenvalue weighted by molar-refractivity contribution is -0.332. The molecule has 63 heavy (non-hydrogen) atoms. The number of hydrogen-bond donors (Lipinski definition) is 13. The Hall–Kier alpha value is -5.31. The highest BCUT2D eigenvalue weighted by molar-refractivity contribution is 5.87. The minimum absolute atomic E-state index is 0.00242. The van der Waals surface area contributed by atoms with Crippen molar-refractivity contribution in [1.29, 1.82) is 0 Å². The van der Waals surface area contributed by atoms with Gasteiger partial charge in [-0.3, -0.25) is 0 Å². The lowest BCUT2D eigenvalue weighted by Crippen LogP contribution is -2.61. The Kier molecular flexibility index (Phi) is 13.9. The minimum Gasteiger partial charge on any atom is -0.508 e. The molecular weight excluding hydrogens is 844 g/mol. The van der Waals surface area contributed by atoms with Crippen LogP contribution in [0.2, 0.25) is 0 Å². The van der Waals surface area contributed by atoms with Gasteiger partial charge in [-0.1, -0.05) is 18.2 Å². The third-order valence-electron chi connectivity index (χ3n) is 10.7. The topological polar surface area (TPSA) is 354 Å². The van der Waals surface area contributed by atoms with Crippen molar-refractivity contribution >= 4 is 18.1 Å². The lowest BCUT2D eigenvalue weighted by Gasteiger charge is -2.43. The van der Waals surface area contributed by atoms with Crippen LogP contribution in [0.15, 0.2) is 66.4 Å². The van der Waals surface area contributed by atoms with Crippen LogP contribution in [0.3, 0.4) is 0 Å². The van der Waals surface area contributed by atoms with Gasteiger partial charge < -0.3 is 104 Å². The van der Waals surface area contributed by atoms with E-state index in [0.29, 0.717) is 5.56 Å². The van der Waals surface area contributed by atoms with Crippen LogP contribution in [0, 0.1) is 0 Å². The largest absolute Gasteiger partial charge is 0.508 e. The fourth-order valence-electron chi connectivity index (χ4n) is 7.16. The van der Waals surface area contributed by atoms with E-state index in [0.717, 1.165) is 30.3 Å². The monoisotopic (exact) mass is 890 g/mol. The molecule has 0 aromatic heterocycles. The highest BCUT2D eigenvalue weighted by atomic mass is 16.8. The number of esters is 1. The number of aromatic hydroxyl groups is 4. The second kappa shape index (κ2) is 19.2. The zero-order chi connectivity index (χ0) is 45.3. The van der Waals surface area contributed by atoms with Gasteiger partial charge in [0.1, 0.15) is 96.4 Å². The Morgan fingerprint density at radius 3 is 1.95 bits per heavy atom. The second-order valence-corrected chi connectivity index (χ2v) is 15.0. The fraction of sp³-hybridized carbons (Fsp3) is 0.439. The van der Waals surface area contributed by atoms with Crippen LogP contribution in [-0.2, 0) is 33.2 Å². The van der Waals surface area contributed by atoms with E-state index in [1.54, 1.807) is 0 Å². The first-order valence-electron chi connectivity index (χ1n) is 19.4. The molecule has 7 rings (SSSR count). The summed E-state index contributed by atoms with van der Waals surface area (Å²) in [5.41, 5.74) is 0.595. The molecule has 0 saturated carbocycles. The van der Waals surface area contributed by atoms with Crippen LogP contribution in [0.5, 0.6) is 34.5 Å². The summed E-state index contributed by atoms with van der Waals surface area (Å²) in [5.74, 6) is -3.13. The number of rotatable bonds is 13. The molecule has 4 aliphatic heterocycles. The molecule has 22 nitrogen and oxygen atoms in total. The van der Waals surface area contributed by atoms with E-state index >= 15 is 0 Å². The zero-order valence-electron chi connectivity index (χ0n) is 32.7. The normalized spacial score (nSPS) is 34.2. The van der Waals surface area contributed by atoms with E-state index in [4.69, 9.17) is 37.9 Å². The number of aliphatic hydroxyl groups excluding tert-OH is 9. The Labute approximate surface area is 356 Å². The summed E-state index contributed by atoms with van der Waals surface area (Å²) < 4.78 is 46.6. The molecule has 3 fully saturated rings. The van der Waals surface area contributed by atoms with Crippen LogP contribution < -0.4 is 9.47 Å². The number of phenols is 4. The van der Waals surface area contributed by atoms with Crippen LogP contribution in [-0.4, -0.2) is 178 Å². The average Bonchev–Trinajstić information content (AvgIpc) is 3.54. The molecular formula is C41H46O22. The number of fused-ring (bicyclic) bond motifs is 1. The lowest BCUT2D eigenvalue weighted by atomic mass is 9.98. The van der Waals surface area contributed by atoms with E-state index in [9.17, 15) is 71.2 Å². The Bertz CT molecular complexity index is 2130. The quantitative estimate of drug-likeness (QED) is 0.0488. The summed E-state index contributed by atoms with van der Waals surface area (Å²) in [6.07, 6.45) is -21.9. The van der Waals surface area contributed by atoms with Gasteiger partial charge in [-0.05, 0) is 42.0 Å². The molecule has 3 aromatic rings. The van der Waals surface area contributed by atoms with E-state index in [1.807, 2.05) is 0 Å². The molecule has 0 radical (unpaired) electrons. The van der Waals surface area contributed by atoms with Crippen molar-refractivity contribution in [2.24, 2.45) is 0 Å². The van der Waals surface area contributed by atoms with E-state index in [1.165, 1.54) is 42.5 Å². The summed E-state index contributed by atoms with van der Waals surface area (Å²) in [7, 11) is 0. The van der Waals surface area contributed by atoms with Gasteiger partial charge in [0, 0.05) is 23.8 Å². The molecule has 13 N–H and O–H groups in total. The van der Waals surface area contributed by atoms with Crippen molar-refractivity contribution in [2.75, 3.05) is 19.8 Å². The molecule has 15 atom stereocenters. The molecule has 4 heterocycles. The highest BCUT2D eigenvalue weighted by Gasteiger charge is 2.52. The van der Waals surface area contributed by atoms with Crippen molar-refractivity contribution in [3.05, 3.63) is 83.1 Å². The van der Waals surface area contributed by atoms with E-state index in [-0.39, 0.29) is 34.1 Å². The number of carbonyl (C=O) groups is 1. The summed E-state index contributed by atoms with van der Waals surface area (Å²) in [5, 5.41) is 136. The number of carbonyl (C=O) groups excluding carboxylic acids is 1. The summed E-state index contributed by atoms with van der Waals surface area (Å²) in [6, 6.07) is 11.6. The molecule has 0 aliphatic carbocycles. The Balaban J connectivity index is 1.23. The van der Waals surface area contributed by atoms with E-state index in [2.05, 4.69) is 0 Å². The SMILES string of the molecule is O=C(C=Cc1ccc(O)cc1)OCC1OC(OC2=Cc3c(cc(O)cc3OC3OC(CO)C(O)C(O)C3O)OC2c2ccc(O)c(O)c2)C(OC2OC(CO)C(O)C2O)C(O)C1O. The van der Waals surface area contributed by atoms with Gasteiger partial charge in [-0.15, -0.1) is 0 Å². The Morgan fingerprint density at radius 1 is 0.635 bits per heavy atom. The van der Waals surface area contributed by atoms with Crippen LogP contribution in [0.25, 0.3) is 12.2 Å². The van der Waals surface area contributed by atoms with Gasteiger partial charge in [0.25, 0.3) is 0 Å². The molecule has 0 amide bonds. The molecule has 0 bridgehead atoms. The van der Waals surface area contributed by atoms with Crippen molar-refractivity contribution < 1.29 is 109 Å². The predicted molar refractivity (Wildman–Crippen MR) is 206 cm³/mol. The van der Waals surface area contributed by atoms with Crippen molar-refractivity contribution in [3.63, 3.8) is 0 Å². The average molecular weight is 891 g/mol. The van der Waals surface area contributed by atoms with Gasteiger partial charge in [0.2, 0.25) is 12.6 Å². The predicted octanol–water partition coefficient (Wildman–Crippen LogP) is -2.29. The molecule has 3 saturated heterocycles. The molecule has 15 unspecified atom stereocenters. The zero-order valence-corrected chi connectivity index (χ0v) is 32.7. The standard InChI is InChI=1S/C41H46O22/c42-13-26-30(49)33(52)36(55)39(60-26)58-24-11-19(45)10-23-20(24)12-25(37(57-23)17-4-7-21(46)22(47)9-17)59-41-38(63-40-35(54)31(50)27(14-43)61-40)34(53)32(51)28(62-41)15-56-29(48)8-3-16-1-5-18(44)6-2-16/h1-12,26-28,30-47,49-55H,13-15H2. The van der Waals surface area contributed by atoms with Gasteiger partial charge in [0.05, 0.1) is 18.8 Å². The van der Waals surface area contributed by atoms with Crippen LogP contribution >= 0.6 is 0 Å². The smallest absolute Gasteiger partial charge is 0.330 e. The molecule has 4 aliphatic rings. The fourth-order valence-corrected chi connectivity index (χ4v) is 7.16. The molecule has 0 spiro atoms. The van der Waals surface area contributed by atoms with Crippen molar-refractivity contribution in [2.45, 2.75) is 92.1 Å². The maximum Gasteiger partial charge on any atom is 0.330 e. The summed E-state index contributed by atoms with van der Waals surface area (Å²) >= 11 is 0. The molecule has 342 valence electrons. The first kappa shape index (κ1) is 45.7. The molecule has 22 heteroatoms. The van der Waals surface area contributed by atoms with Gasteiger partial charge >= 0.3 is 5.97 Å². The summed E-state index contributed by atoms with van der Waals surface area (Å²) in [4.78, 5) is 12.7. The number of hydrogen-bond acceptors (Lipinski definition) is 22. The number of benzene rings is 3. The maximum absolute atomic E-state index is 12.7. The number of aliphatic hydroxyl groups is 9.